The van der Waals surface area contributed by atoms with E-state index in [1.165, 1.54) is 0 Å². The number of carbonyl (C=O) groups excluding carboxylic acids is 3. The average Bonchev–Trinajstić information content (AvgIpc) is 2.91. The quantitative estimate of drug-likeness (QED) is 0.141. The maximum Gasteiger partial charge on any atom is 0.343 e. The van der Waals surface area contributed by atoms with Gasteiger partial charge in [0.2, 0.25) is 0 Å². The van der Waals surface area contributed by atoms with Gasteiger partial charge < -0.3 is 18.9 Å². The molecule has 0 saturated carbocycles. The van der Waals surface area contributed by atoms with Crippen molar-refractivity contribution in [1.29, 1.82) is 0 Å². The second-order valence-electron chi connectivity index (χ2n) is 7.53. The van der Waals surface area contributed by atoms with Gasteiger partial charge in [0, 0.05) is 6.08 Å². The van der Waals surface area contributed by atoms with E-state index in [9.17, 15) is 14.4 Å². The molecule has 0 N–H and O–H groups in total. The van der Waals surface area contributed by atoms with E-state index in [4.69, 9.17) is 18.9 Å². The molecule has 0 amide bonds. The minimum absolute atomic E-state index is 0.312. The second-order valence-corrected chi connectivity index (χ2v) is 7.53. The molecule has 184 valence electrons. The summed E-state index contributed by atoms with van der Waals surface area (Å²) in [5.41, 5.74) is 1.68. The minimum Gasteiger partial charge on any atom is -0.494 e. The highest BCUT2D eigenvalue weighted by Gasteiger charge is 2.11. The van der Waals surface area contributed by atoms with Gasteiger partial charge in [-0.05, 0) is 79.1 Å². The SMILES string of the molecule is C=CC(=O)OCCCCOc1ccc(C(=O)Oc2ccc(OC(=O)c3ccc(C=C)cc3)cc2)cc1. The van der Waals surface area contributed by atoms with Crippen molar-refractivity contribution >= 4 is 24.0 Å². The summed E-state index contributed by atoms with van der Waals surface area (Å²) in [6.45, 7) is 7.78. The van der Waals surface area contributed by atoms with Crippen molar-refractivity contribution in [3.63, 3.8) is 0 Å². The predicted octanol–water partition coefficient (Wildman–Crippen LogP) is 5.66. The van der Waals surface area contributed by atoms with Gasteiger partial charge >= 0.3 is 17.9 Å². The van der Waals surface area contributed by atoms with Crippen LogP contribution < -0.4 is 14.2 Å². The Bertz CT molecular complexity index is 1190. The zero-order chi connectivity index (χ0) is 25.8. The molecular weight excluding hydrogens is 460 g/mol. The van der Waals surface area contributed by atoms with Crippen LogP contribution in [0.5, 0.6) is 17.2 Å². The minimum atomic E-state index is -0.530. The summed E-state index contributed by atoms with van der Waals surface area (Å²) in [5.74, 6) is -0.212. The zero-order valence-corrected chi connectivity index (χ0v) is 19.7. The van der Waals surface area contributed by atoms with Gasteiger partial charge in [-0.2, -0.15) is 0 Å². The molecule has 0 heterocycles. The molecule has 0 unspecified atom stereocenters. The molecule has 0 aliphatic heterocycles. The fourth-order valence-electron chi connectivity index (χ4n) is 2.98. The lowest BCUT2D eigenvalue weighted by Crippen LogP contribution is -2.09. The third-order valence-corrected chi connectivity index (χ3v) is 4.94. The fourth-order valence-corrected chi connectivity index (χ4v) is 2.98. The number of esters is 3. The lowest BCUT2D eigenvalue weighted by Gasteiger charge is -2.08. The Morgan fingerprint density at radius 2 is 1.11 bits per heavy atom. The lowest BCUT2D eigenvalue weighted by molar-refractivity contribution is -0.137. The Morgan fingerprint density at radius 1 is 0.639 bits per heavy atom. The largest absolute Gasteiger partial charge is 0.494 e. The number of ether oxygens (including phenoxy) is 4. The van der Waals surface area contributed by atoms with E-state index in [-0.39, 0.29) is 0 Å². The normalized spacial score (nSPS) is 10.1. The van der Waals surface area contributed by atoms with Gasteiger partial charge in [0.25, 0.3) is 0 Å². The molecule has 3 aromatic carbocycles. The van der Waals surface area contributed by atoms with Crippen molar-refractivity contribution in [2.24, 2.45) is 0 Å². The van der Waals surface area contributed by atoms with Crippen LogP contribution in [0.15, 0.2) is 92.0 Å². The highest BCUT2D eigenvalue weighted by molar-refractivity contribution is 5.92. The summed E-state index contributed by atoms with van der Waals surface area (Å²) in [6, 6.07) is 19.6. The van der Waals surface area contributed by atoms with Gasteiger partial charge in [-0.3, -0.25) is 0 Å². The van der Waals surface area contributed by atoms with E-state index >= 15 is 0 Å². The number of carbonyl (C=O) groups is 3. The maximum absolute atomic E-state index is 12.4. The van der Waals surface area contributed by atoms with Gasteiger partial charge in [-0.1, -0.05) is 31.4 Å². The van der Waals surface area contributed by atoms with Crippen LogP contribution >= 0.6 is 0 Å². The van der Waals surface area contributed by atoms with Crippen LogP contribution in [0.2, 0.25) is 0 Å². The smallest absolute Gasteiger partial charge is 0.343 e. The Labute approximate surface area is 209 Å². The molecule has 7 heteroatoms. The van der Waals surface area contributed by atoms with Crippen LogP contribution in [0.25, 0.3) is 6.08 Å². The highest BCUT2D eigenvalue weighted by Crippen LogP contribution is 2.21. The van der Waals surface area contributed by atoms with Gasteiger partial charge in [0.1, 0.15) is 17.2 Å². The van der Waals surface area contributed by atoms with Crippen molar-refractivity contribution in [3.05, 3.63) is 109 Å². The number of rotatable bonds is 12. The molecule has 0 fully saturated rings. The number of hydrogen-bond acceptors (Lipinski definition) is 7. The molecule has 7 nitrogen and oxygen atoms in total. The van der Waals surface area contributed by atoms with Crippen LogP contribution in [0, 0.1) is 0 Å². The first-order chi connectivity index (χ1) is 17.5. The van der Waals surface area contributed by atoms with Gasteiger partial charge in [0.05, 0.1) is 24.3 Å². The van der Waals surface area contributed by atoms with Crippen molar-refractivity contribution in [3.8, 4) is 17.2 Å². The molecule has 3 rings (SSSR count). The van der Waals surface area contributed by atoms with Crippen molar-refractivity contribution < 1.29 is 33.3 Å². The Hall–Kier alpha value is -4.65. The third-order valence-electron chi connectivity index (χ3n) is 4.94. The van der Waals surface area contributed by atoms with E-state index < -0.39 is 17.9 Å². The zero-order valence-electron chi connectivity index (χ0n) is 19.7. The molecule has 36 heavy (non-hydrogen) atoms. The van der Waals surface area contributed by atoms with Gasteiger partial charge in [-0.15, -0.1) is 0 Å². The summed E-state index contributed by atoms with van der Waals surface area (Å²) in [6.07, 6.45) is 4.20. The highest BCUT2D eigenvalue weighted by atomic mass is 16.5. The molecule has 0 radical (unpaired) electrons. The summed E-state index contributed by atoms with van der Waals surface area (Å²) >= 11 is 0. The molecule has 0 aromatic heterocycles. The predicted molar refractivity (Wildman–Crippen MR) is 135 cm³/mol. The number of benzene rings is 3. The van der Waals surface area contributed by atoms with E-state index in [0.29, 0.717) is 54.4 Å². The second kappa shape index (κ2) is 13.3. The first kappa shape index (κ1) is 26.0. The van der Waals surface area contributed by atoms with Gasteiger partial charge in [0.15, 0.2) is 0 Å². The topological polar surface area (TPSA) is 88.1 Å². The first-order valence-corrected chi connectivity index (χ1v) is 11.3. The Kier molecular flexibility index (Phi) is 9.59. The lowest BCUT2D eigenvalue weighted by atomic mass is 10.1. The van der Waals surface area contributed by atoms with Crippen LogP contribution in [0.3, 0.4) is 0 Å². The summed E-state index contributed by atoms with van der Waals surface area (Å²) in [5, 5.41) is 0. The molecule has 3 aromatic rings. The first-order valence-electron chi connectivity index (χ1n) is 11.3. The molecule has 0 atom stereocenters. The van der Waals surface area contributed by atoms with Crippen LogP contribution in [-0.4, -0.2) is 31.1 Å². The summed E-state index contributed by atoms with van der Waals surface area (Å²) in [4.78, 5) is 35.7. The van der Waals surface area contributed by atoms with Crippen LogP contribution in [0.4, 0.5) is 0 Å². The van der Waals surface area contributed by atoms with Crippen LogP contribution in [-0.2, 0) is 9.53 Å². The number of unbranched alkanes of at least 4 members (excludes halogenated alkanes) is 1. The van der Waals surface area contributed by atoms with Crippen molar-refractivity contribution in [1.82, 2.24) is 0 Å². The molecule has 0 saturated heterocycles. The van der Waals surface area contributed by atoms with E-state index in [0.717, 1.165) is 11.6 Å². The average molecular weight is 487 g/mol. The van der Waals surface area contributed by atoms with E-state index in [1.807, 2.05) is 0 Å². The molecule has 0 aliphatic rings. The van der Waals surface area contributed by atoms with Gasteiger partial charge in [-0.25, -0.2) is 14.4 Å². The molecule has 0 spiro atoms. The van der Waals surface area contributed by atoms with Crippen molar-refractivity contribution in [2.45, 2.75) is 12.8 Å². The number of hydrogen-bond donors (Lipinski definition) is 0. The Morgan fingerprint density at radius 3 is 1.61 bits per heavy atom. The standard InChI is InChI=1S/C29H26O7/c1-3-21-7-9-22(10-8-21)28(31)35-25-15-17-26(18-16-25)36-29(32)23-11-13-24(14-12-23)33-19-5-6-20-34-27(30)4-2/h3-4,7-18H,1-2,5-6,19-20H2. The van der Waals surface area contributed by atoms with Crippen LogP contribution in [0.1, 0.15) is 39.1 Å². The fraction of sp³-hybridized carbons (Fsp3) is 0.138. The van der Waals surface area contributed by atoms with Crippen molar-refractivity contribution in [2.75, 3.05) is 13.2 Å². The molecule has 0 bridgehead atoms. The van der Waals surface area contributed by atoms with E-state index in [2.05, 4.69) is 13.2 Å². The molecule has 0 aliphatic carbocycles. The summed E-state index contributed by atoms with van der Waals surface area (Å²) < 4.78 is 21.3. The van der Waals surface area contributed by atoms with E-state index in [1.54, 1.807) is 78.9 Å². The summed E-state index contributed by atoms with van der Waals surface area (Å²) in [7, 11) is 0. The third kappa shape index (κ3) is 7.99. The monoisotopic (exact) mass is 486 g/mol. The Balaban J connectivity index is 1.44. The molecular formula is C29H26O7. The maximum atomic E-state index is 12.4.